The van der Waals surface area contributed by atoms with E-state index in [1.165, 1.54) is 22.2 Å². The van der Waals surface area contributed by atoms with Gasteiger partial charge in [0.25, 0.3) is 0 Å². The number of ether oxygens (including phenoxy) is 1. The molecule has 0 atom stereocenters. The fourth-order valence-electron chi connectivity index (χ4n) is 8.20. The summed E-state index contributed by atoms with van der Waals surface area (Å²) < 4.78 is 11.2. The first-order chi connectivity index (χ1) is 26.6. The zero-order valence-electron chi connectivity index (χ0n) is 32.8. The monoisotopic (exact) mass is 912 g/mol. The minimum Gasteiger partial charge on any atom is -0.503 e. The van der Waals surface area contributed by atoms with Crippen molar-refractivity contribution in [3.05, 3.63) is 157 Å². The van der Waals surface area contributed by atoms with Gasteiger partial charge in [-0.15, -0.1) is 23.6 Å². The molecular formula is C48H44BN5OPt. The van der Waals surface area contributed by atoms with Crippen molar-refractivity contribution in [2.75, 3.05) is 4.81 Å². The summed E-state index contributed by atoms with van der Waals surface area (Å²) in [4.78, 5) is 12.2. The van der Waals surface area contributed by atoms with Crippen molar-refractivity contribution in [3.8, 4) is 28.7 Å². The molecule has 280 valence electrons. The fraction of sp³-hybridized carbons (Fsp3) is 0.208. The molecule has 4 heterocycles. The molecule has 56 heavy (non-hydrogen) atoms. The number of imidazole rings is 1. The van der Waals surface area contributed by atoms with Crippen LogP contribution in [0.15, 0.2) is 128 Å². The van der Waals surface area contributed by atoms with Crippen LogP contribution in [0.5, 0.6) is 11.5 Å². The molecule has 0 amide bonds. The second kappa shape index (κ2) is 14.6. The molecule has 0 saturated carbocycles. The number of pyridine rings is 1. The predicted molar refractivity (Wildman–Crippen MR) is 227 cm³/mol. The van der Waals surface area contributed by atoms with E-state index in [1.54, 1.807) is 0 Å². The predicted octanol–water partition coefficient (Wildman–Crippen LogP) is 11.4. The molecule has 0 aliphatic carbocycles. The number of hydrogen-bond donors (Lipinski definition) is 0. The van der Waals surface area contributed by atoms with Crippen LogP contribution in [0, 0.1) is 12.1 Å². The summed E-state index contributed by atoms with van der Waals surface area (Å²) in [6.45, 7) is 15.7. The first-order valence-electron chi connectivity index (χ1n) is 19.2. The quantitative estimate of drug-likeness (QED) is 0.118. The zero-order chi connectivity index (χ0) is 38.0. The summed E-state index contributed by atoms with van der Waals surface area (Å²) in [6.07, 6.45) is 5.90. The van der Waals surface area contributed by atoms with Gasteiger partial charge in [-0.3, -0.25) is 4.98 Å². The van der Waals surface area contributed by atoms with Crippen molar-refractivity contribution in [1.29, 1.82) is 0 Å². The molecule has 0 bridgehead atoms. The summed E-state index contributed by atoms with van der Waals surface area (Å²) in [6, 6.07) is 45.7. The zero-order valence-corrected chi connectivity index (χ0v) is 35.1. The van der Waals surface area contributed by atoms with E-state index < -0.39 is 0 Å². The molecule has 0 N–H and O–H groups in total. The molecule has 0 radical (unpaired) electrons. The van der Waals surface area contributed by atoms with Gasteiger partial charge in [-0.25, -0.2) is 4.98 Å². The third-order valence-electron chi connectivity index (χ3n) is 10.9. The van der Waals surface area contributed by atoms with E-state index in [-0.39, 0.29) is 33.5 Å². The van der Waals surface area contributed by atoms with E-state index in [2.05, 4.69) is 178 Å². The van der Waals surface area contributed by atoms with Crippen LogP contribution >= 0.6 is 0 Å². The molecule has 0 unspecified atom stereocenters. The Labute approximate surface area is 344 Å². The van der Waals surface area contributed by atoms with Crippen LogP contribution in [0.3, 0.4) is 0 Å². The number of aromatic nitrogens is 4. The van der Waals surface area contributed by atoms with Gasteiger partial charge in [0, 0.05) is 47.1 Å². The Hall–Kier alpha value is -5.39. The smallest absolute Gasteiger partial charge is 0.503 e. The van der Waals surface area contributed by atoms with E-state index in [1.807, 2.05) is 24.5 Å². The number of benzene rings is 5. The summed E-state index contributed by atoms with van der Waals surface area (Å²) in [5.41, 5.74) is 10.2. The Morgan fingerprint density at radius 2 is 1.39 bits per heavy atom. The second-order valence-electron chi connectivity index (χ2n) is 16.2. The van der Waals surface area contributed by atoms with Crippen LogP contribution in [-0.4, -0.2) is 26.0 Å². The topological polar surface area (TPSA) is 48.1 Å². The van der Waals surface area contributed by atoms with Crippen molar-refractivity contribution >= 4 is 45.6 Å². The van der Waals surface area contributed by atoms with Gasteiger partial charge in [-0.2, -0.15) is 6.07 Å². The van der Waals surface area contributed by atoms with Gasteiger partial charge in [0.1, 0.15) is 5.82 Å². The molecule has 1 aliphatic heterocycles. The van der Waals surface area contributed by atoms with Crippen molar-refractivity contribution in [3.63, 3.8) is 0 Å². The molecule has 6 nitrogen and oxygen atoms in total. The molecule has 0 saturated heterocycles. The van der Waals surface area contributed by atoms with Crippen LogP contribution in [0.2, 0.25) is 0 Å². The average molecular weight is 913 g/mol. The van der Waals surface area contributed by atoms with Crippen LogP contribution in [0.4, 0.5) is 11.4 Å². The molecule has 0 fully saturated rings. The summed E-state index contributed by atoms with van der Waals surface area (Å²) in [7, 11) is 0. The molecular weight excluding hydrogens is 868 g/mol. The van der Waals surface area contributed by atoms with E-state index in [4.69, 9.17) is 14.7 Å². The van der Waals surface area contributed by atoms with E-state index in [9.17, 15) is 0 Å². The van der Waals surface area contributed by atoms with E-state index in [0.29, 0.717) is 23.3 Å². The van der Waals surface area contributed by atoms with Crippen molar-refractivity contribution < 1.29 is 25.8 Å². The van der Waals surface area contributed by atoms with Crippen LogP contribution in [0.25, 0.3) is 39.0 Å². The standard InChI is InChI=1S/C48H44BN5O.Pt/c1-31(2)37-17-13-18-38(32(3)4)46(37)49-52-27-26-51-47(52)41-29-35(21-23-43(41)54(49)34-14-9-8-10-15-34)55-36-20-22-40-39-16-11-12-19-42(39)53(44(40)30-36)45-28-33(24-25-50-45)48(5,6)7;/h8-28,31-32H,1-7H3;/q-2;+2. The minimum absolute atomic E-state index is 0. The summed E-state index contributed by atoms with van der Waals surface area (Å²) in [5, 5.41) is 2.24. The Kier molecular flexibility index (Phi) is 9.79. The van der Waals surface area contributed by atoms with Crippen molar-refractivity contribution in [2.45, 2.75) is 65.7 Å². The largest absolute Gasteiger partial charge is 2.00 e. The normalized spacial score (nSPS) is 12.7. The molecule has 1 aliphatic rings. The first-order valence-corrected chi connectivity index (χ1v) is 19.2. The Balaban J connectivity index is 0.00000441. The maximum atomic E-state index is 6.66. The average Bonchev–Trinajstić information content (AvgIpc) is 3.80. The van der Waals surface area contributed by atoms with Gasteiger partial charge in [-0.05, 0) is 80.8 Å². The van der Waals surface area contributed by atoms with Gasteiger partial charge in [-0.1, -0.05) is 126 Å². The Morgan fingerprint density at radius 1 is 0.696 bits per heavy atom. The summed E-state index contributed by atoms with van der Waals surface area (Å²) in [5.74, 6) is 3.59. The summed E-state index contributed by atoms with van der Waals surface area (Å²) >= 11 is 0. The van der Waals surface area contributed by atoms with Gasteiger partial charge in [0.15, 0.2) is 0 Å². The van der Waals surface area contributed by atoms with Crippen LogP contribution in [-0.2, 0) is 26.5 Å². The third-order valence-corrected chi connectivity index (χ3v) is 10.9. The number of fused-ring (bicyclic) bond motifs is 6. The fourth-order valence-corrected chi connectivity index (χ4v) is 8.20. The number of para-hydroxylation sites is 2. The van der Waals surface area contributed by atoms with Crippen LogP contribution in [0.1, 0.15) is 77.0 Å². The minimum atomic E-state index is -0.147. The molecule has 5 aromatic carbocycles. The van der Waals surface area contributed by atoms with Crippen molar-refractivity contribution in [1.82, 2.24) is 19.0 Å². The van der Waals surface area contributed by atoms with Gasteiger partial charge >= 0.3 is 28.0 Å². The third kappa shape index (κ3) is 6.36. The number of hydrogen-bond acceptors (Lipinski definition) is 4. The number of rotatable bonds is 7. The number of nitrogens with zero attached hydrogens (tertiary/aromatic N) is 5. The first kappa shape index (κ1) is 37.5. The number of anilines is 2. The van der Waals surface area contributed by atoms with E-state index in [0.717, 1.165) is 50.4 Å². The maximum Gasteiger partial charge on any atom is 2.00 e. The van der Waals surface area contributed by atoms with E-state index >= 15 is 0 Å². The van der Waals surface area contributed by atoms with Gasteiger partial charge in [0.05, 0.1) is 0 Å². The Morgan fingerprint density at radius 3 is 2.12 bits per heavy atom. The molecule has 9 rings (SSSR count). The molecule has 0 spiro atoms. The molecule has 3 aromatic heterocycles. The maximum absolute atomic E-state index is 6.66. The van der Waals surface area contributed by atoms with Gasteiger partial charge in [0.2, 0.25) is 0 Å². The SMILES string of the molecule is CC(C)c1cccc(C(C)C)c1B1N(c2ccccc2)c2ccc(Oc3[c-]c4c(cc3)c3ccccc3n4-c3cc(C(C)(C)C)ccn3)[c-]c2-c2nccn21.[Pt+2]. The van der Waals surface area contributed by atoms with Crippen LogP contribution < -0.4 is 15.0 Å². The molecule has 8 heteroatoms. The van der Waals surface area contributed by atoms with Crippen molar-refractivity contribution in [2.24, 2.45) is 0 Å². The van der Waals surface area contributed by atoms with Gasteiger partial charge < -0.3 is 18.6 Å². The molecule has 8 aromatic rings. The Bertz CT molecular complexity index is 2680. The second-order valence-corrected chi connectivity index (χ2v) is 16.2.